The van der Waals surface area contributed by atoms with Gasteiger partial charge in [-0.1, -0.05) is 12.8 Å². The number of hydrogen-bond donors (Lipinski definition) is 2. The molecule has 0 bridgehead atoms. The Morgan fingerprint density at radius 3 is 3.07 bits per heavy atom. The molecule has 1 rings (SSSR count). The zero-order chi connectivity index (χ0) is 10.6. The van der Waals surface area contributed by atoms with Crippen LogP contribution in [0.1, 0.15) is 13.3 Å². The second kappa shape index (κ2) is 4.45. The van der Waals surface area contributed by atoms with Crippen molar-refractivity contribution in [2.45, 2.75) is 18.9 Å². The molecule has 4 nitrogen and oxygen atoms in total. The summed E-state index contributed by atoms with van der Waals surface area (Å²) < 4.78 is 5.21. The van der Waals surface area contributed by atoms with E-state index in [-0.39, 0.29) is 12.5 Å². The van der Waals surface area contributed by atoms with Crippen LogP contribution in [0.5, 0.6) is 0 Å². The molecule has 1 aliphatic heterocycles. The van der Waals surface area contributed by atoms with Gasteiger partial charge in [0.1, 0.15) is 5.54 Å². The van der Waals surface area contributed by atoms with Gasteiger partial charge in [-0.3, -0.25) is 10.1 Å². The molecule has 1 heterocycles. The van der Waals surface area contributed by atoms with Crippen LogP contribution in [0, 0.1) is 18.3 Å². The van der Waals surface area contributed by atoms with Crippen LogP contribution < -0.4 is 5.32 Å². The maximum Gasteiger partial charge on any atom is 0.324 e. The van der Waals surface area contributed by atoms with Gasteiger partial charge in [0.25, 0.3) is 0 Å². The molecule has 0 spiro atoms. The smallest absolute Gasteiger partial charge is 0.324 e. The summed E-state index contributed by atoms with van der Waals surface area (Å²) in [4.78, 5) is 11.2. The maximum atomic E-state index is 11.2. The van der Waals surface area contributed by atoms with Crippen LogP contribution in [0.3, 0.4) is 0 Å². The number of aliphatic carboxylic acids is 1. The molecular formula is C10H15NO3. The van der Waals surface area contributed by atoms with E-state index in [1.54, 1.807) is 0 Å². The van der Waals surface area contributed by atoms with E-state index in [2.05, 4.69) is 11.2 Å². The first-order valence-electron chi connectivity index (χ1n) is 4.63. The summed E-state index contributed by atoms with van der Waals surface area (Å²) in [6.07, 6.45) is 5.58. The van der Waals surface area contributed by atoms with Gasteiger partial charge < -0.3 is 9.84 Å². The highest BCUT2D eigenvalue weighted by molar-refractivity contribution is 5.79. The largest absolute Gasteiger partial charge is 0.480 e. The van der Waals surface area contributed by atoms with E-state index in [0.717, 1.165) is 0 Å². The number of rotatable bonds is 3. The van der Waals surface area contributed by atoms with Crippen molar-refractivity contribution in [3.8, 4) is 12.3 Å². The number of carbonyl (C=O) groups is 1. The predicted molar refractivity (Wildman–Crippen MR) is 51.8 cm³/mol. The first-order chi connectivity index (χ1) is 6.63. The Balaban J connectivity index is 2.79. The third-order valence-corrected chi connectivity index (χ3v) is 2.74. The van der Waals surface area contributed by atoms with Crippen LogP contribution in [-0.4, -0.2) is 36.4 Å². The molecule has 78 valence electrons. The third-order valence-electron chi connectivity index (χ3n) is 2.74. The summed E-state index contributed by atoms with van der Waals surface area (Å²) in [6, 6.07) is 0. The number of terminal acetylenes is 1. The Morgan fingerprint density at radius 2 is 2.57 bits per heavy atom. The second-order valence-electron chi connectivity index (χ2n) is 3.56. The lowest BCUT2D eigenvalue weighted by atomic mass is 9.81. The first-order valence-corrected chi connectivity index (χ1v) is 4.63. The lowest BCUT2D eigenvalue weighted by Gasteiger charge is -2.39. The van der Waals surface area contributed by atoms with E-state index in [1.807, 2.05) is 6.92 Å². The monoisotopic (exact) mass is 197 g/mol. The minimum Gasteiger partial charge on any atom is -0.480 e. The van der Waals surface area contributed by atoms with Crippen molar-refractivity contribution in [3.63, 3.8) is 0 Å². The van der Waals surface area contributed by atoms with Gasteiger partial charge in [0.05, 0.1) is 13.2 Å². The van der Waals surface area contributed by atoms with Crippen molar-refractivity contribution < 1.29 is 14.6 Å². The molecule has 2 N–H and O–H groups in total. The van der Waals surface area contributed by atoms with Gasteiger partial charge in [-0.2, -0.15) is 0 Å². The summed E-state index contributed by atoms with van der Waals surface area (Å²) >= 11 is 0. The predicted octanol–water partition coefficient (Wildman–Crippen LogP) is 0.0890. The van der Waals surface area contributed by atoms with Crippen LogP contribution in [0.25, 0.3) is 0 Å². The van der Waals surface area contributed by atoms with Crippen LogP contribution in [-0.2, 0) is 9.53 Å². The topological polar surface area (TPSA) is 58.6 Å². The molecular weight excluding hydrogens is 182 g/mol. The van der Waals surface area contributed by atoms with Gasteiger partial charge in [0, 0.05) is 18.9 Å². The highest BCUT2D eigenvalue weighted by Gasteiger charge is 2.45. The van der Waals surface area contributed by atoms with Crippen molar-refractivity contribution >= 4 is 5.97 Å². The van der Waals surface area contributed by atoms with Gasteiger partial charge >= 0.3 is 5.97 Å². The lowest BCUT2D eigenvalue weighted by molar-refractivity contribution is -0.153. The molecule has 1 saturated heterocycles. The SMILES string of the molecule is C#CCNC1(C(=O)O)CCOCC1C. The fourth-order valence-electron chi connectivity index (χ4n) is 1.75. The Morgan fingerprint density at radius 1 is 1.86 bits per heavy atom. The fraction of sp³-hybridized carbons (Fsp3) is 0.700. The zero-order valence-corrected chi connectivity index (χ0v) is 8.25. The van der Waals surface area contributed by atoms with E-state index < -0.39 is 11.5 Å². The number of nitrogens with one attached hydrogen (secondary N) is 1. The molecule has 0 aromatic rings. The first kappa shape index (κ1) is 11.0. The summed E-state index contributed by atoms with van der Waals surface area (Å²) in [5.41, 5.74) is -0.912. The van der Waals surface area contributed by atoms with E-state index in [0.29, 0.717) is 19.6 Å². The van der Waals surface area contributed by atoms with Crippen LogP contribution in [0.4, 0.5) is 0 Å². The van der Waals surface area contributed by atoms with Crippen molar-refractivity contribution in [1.29, 1.82) is 0 Å². The molecule has 2 unspecified atom stereocenters. The van der Waals surface area contributed by atoms with Gasteiger partial charge in [-0.15, -0.1) is 6.42 Å². The van der Waals surface area contributed by atoms with Gasteiger partial charge in [-0.05, 0) is 0 Å². The average Bonchev–Trinajstić information content (AvgIpc) is 2.16. The quantitative estimate of drug-likeness (QED) is 0.629. The van der Waals surface area contributed by atoms with Crippen molar-refractivity contribution in [3.05, 3.63) is 0 Å². The Hall–Kier alpha value is -1.05. The third kappa shape index (κ3) is 1.89. The molecule has 0 amide bonds. The summed E-state index contributed by atoms with van der Waals surface area (Å²) in [7, 11) is 0. The molecule has 1 aliphatic rings. The minimum absolute atomic E-state index is 0.0675. The highest BCUT2D eigenvalue weighted by atomic mass is 16.5. The molecule has 0 aromatic heterocycles. The Bertz CT molecular complexity index is 259. The highest BCUT2D eigenvalue weighted by Crippen LogP contribution is 2.26. The zero-order valence-electron chi connectivity index (χ0n) is 8.25. The van der Waals surface area contributed by atoms with Crippen molar-refractivity contribution in [1.82, 2.24) is 5.32 Å². The van der Waals surface area contributed by atoms with Gasteiger partial charge in [0.15, 0.2) is 0 Å². The number of carboxylic acid groups (broad SMARTS) is 1. The maximum absolute atomic E-state index is 11.2. The number of carboxylic acids is 1. The number of hydrogen-bond acceptors (Lipinski definition) is 3. The molecule has 0 radical (unpaired) electrons. The van der Waals surface area contributed by atoms with Crippen molar-refractivity contribution in [2.75, 3.05) is 19.8 Å². The molecule has 1 fully saturated rings. The van der Waals surface area contributed by atoms with Crippen LogP contribution in [0.15, 0.2) is 0 Å². The Kier molecular flexibility index (Phi) is 3.50. The summed E-state index contributed by atoms with van der Waals surface area (Å²) in [6.45, 7) is 3.06. The second-order valence-corrected chi connectivity index (χ2v) is 3.56. The lowest BCUT2D eigenvalue weighted by Crippen LogP contribution is -2.60. The molecule has 0 saturated carbocycles. The normalized spacial score (nSPS) is 32.1. The summed E-state index contributed by atoms with van der Waals surface area (Å²) in [5, 5.41) is 12.1. The van der Waals surface area contributed by atoms with Gasteiger partial charge in [0.2, 0.25) is 0 Å². The fourth-order valence-corrected chi connectivity index (χ4v) is 1.75. The van der Waals surface area contributed by atoms with Crippen LogP contribution >= 0.6 is 0 Å². The Labute approximate surface area is 83.6 Å². The summed E-state index contributed by atoms with van der Waals surface area (Å²) in [5.74, 6) is 1.49. The molecule has 4 heteroatoms. The van der Waals surface area contributed by atoms with Crippen LogP contribution in [0.2, 0.25) is 0 Å². The molecule has 14 heavy (non-hydrogen) atoms. The van der Waals surface area contributed by atoms with E-state index >= 15 is 0 Å². The standard InChI is InChI=1S/C10H15NO3/c1-3-5-11-10(9(12)13)4-6-14-7-8(10)2/h1,8,11H,4-7H2,2H3,(H,12,13). The van der Waals surface area contributed by atoms with E-state index in [4.69, 9.17) is 11.2 Å². The van der Waals surface area contributed by atoms with E-state index in [1.165, 1.54) is 0 Å². The molecule has 0 aromatic carbocycles. The van der Waals surface area contributed by atoms with E-state index in [9.17, 15) is 9.90 Å². The number of ether oxygens (including phenoxy) is 1. The van der Waals surface area contributed by atoms with Crippen molar-refractivity contribution in [2.24, 2.45) is 5.92 Å². The average molecular weight is 197 g/mol. The minimum atomic E-state index is -0.912. The molecule has 0 aliphatic carbocycles. The van der Waals surface area contributed by atoms with Gasteiger partial charge in [-0.25, -0.2) is 0 Å². The molecule has 2 atom stereocenters.